The minimum absolute atomic E-state index is 0.0112. The maximum Gasteiger partial charge on any atom is 0.332 e. The SMILES string of the molecule is Cc1cn(C)c(=O)n1-c1ccc(C2CCNCC2)cc1. The highest BCUT2D eigenvalue weighted by molar-refractivity contribution is 5.37. The quantitative estimate of drug-likeness (QED) is 0.907. The number of hydrogen-bond acceptors (Lipinski definition) is 2. The lowest BCUT2D eigenvalue weighted by Gasteiger charge is -2.23. The van der Waals surface area contributed by atoms with Gasteiger partial charge in [0.2, 0.25) is 0 Å². The first-order valence-corrected chi connectivity index (χ1v) is 7.23. The summed E-state index contributed by atoms with van der Waals surface area (Å²) >= 11 is 0. The van der Waals surface area contributed by atoms with Crippen LogP contribution in [-0.4, -0.2) is 22.2 Å². The molecular weight excluding hydrogens is 250 g/mol. The van der Waals surface area contributed by atoms with E-state index in [0.29, 0.717) is 5.92 Å². The maximum absolute atomic E-state index is 12.1. The van der Waals surface area contributed by atoms with Gasteiger partial charge < -0.3 is 9.88 Å². The second-order valence-corrected chi connectivity index (χ2v) is 5.62. The predicted octanol–water partition coefficient (Wildman–Crippen LogP) is 1.95. The van der Waals surface area contributed by atoms with E-state index in [9.17, 15) is 4.79 Å². The Labute approximate surface area is 119 Å². The molecule has 0 bridgehead atoms. The fraction of sp³-hybridized carbons (Fsp3) is 0.438. The van der Waals surface area contributed by atoms with Crippen molar-refractivity contribution in [1.29, 1.82) is 0 Å². The van der Waals surface area contributed by atoms with Gasteiger partial charge >= 0.3 is 5.69 Å². The number of aryl methyl sites for hydroxylation is 2. The molecule has 0 saturated carbocycles. The lowest BCUT2D eigenvalue weighted by atomic mass is 9.90. The van der Waals surface area contributed by atoms with Crippen LogP contribution in [0.1, 0.15) is 30.0 Å². The predicted molar refractivity (Wildman–Crippen MR) is 80.6 cm³/mol. The van der Waals surface area contributed by atoms with E-state index < -0.39 is 0 Å². The number of nitrogens with one attached hydrogen (secondary N) is 1. The van der Waals surface area contributed by atoms with Crippen LogP contribution in [0.15, 0.2) is 35.3 Å². The molecule has 1 aromatic heterocycles. The molecule has 1 aromatic carbocycles. The lowest BCUT2D eigenvalue weighted by molar-refractivity contribution is 0.460. The van der Waals surface area contributed by atoms with E-state index in [1.165, 1.54) is 18.4 Å². The molecule has 0 unspecified atom stereocenters. The Bertz CT molecular complexity index is 645. The summed E-state index contributed by atoms with van der Waals surface area (Å²) in [5, 5.41) is 3.39. The molecule has 1 aliphatic heterocycles. The van der Waals surface area contributed by atoms with Gasteiger partial charge in [0.05, 0.1) is 5.69 Å². The zero-order chi connectivity index (χ0) is 14.1. The summed E-state index contributed by atoms with van der Waals surface area (Å²) in [4.78, 5) is 12.1. The number of piperidine rings is 1. The third-order valence-corrected chi connectivity index (χ3v) is 4.19. The maximum atomic E-state index is 12.1. The summed E-state index contributed by atoms with van der Waals surface area (Å²) in [7, 11) is 1.79. The molecule has 1 aliphatic rings. The smallest absolute Gasteiger partial charge is 0.317 e. The van der Waals surface area contributed by atoms with Crippen molar-refractivity contribution in [2.75, 3.05) is 13.1 Å². The van der Waals surface area contributed by atoms with Crippen molar-refractivity contribution < 1.29 is 0 Å². The molecule has 1 N–H and O–H groups in total. The van der Waals surface area contributed by atoms with Crippen molar-refractivity contribution in [2.24, 2.45) is 7.05 Å². The Balaban J connectivity index is 1.91. The van der Waals surface area contributed by atoms with Crippen molar-refractivity contribution >= 4 is 0 Å². The fourth-order valence-electron chi connectivity index (χ4n) is 3.07. The van der Waals surface area contributed by atoms with Crippen LogP contribution in [-0.2, 0) is 7.05 Å². The van der Waals surface area contributed by atoms with Crippen LogP contribution in [0, 0.1) is 6.92 Å². The van der Waals surface area contributed by atoms with Crippen LogP contribution < -0.4 is 11.0 Å². The van der Waals surface area contributed by atoms with Gasteiger partial charge in [-0.25, -0.2) is 4.79 Å². The molecule has 1 fully saturated rings. The highest BCUT2D eigenvalue weighted by Crippen LogP contribution is 2.25. The summed E-state index contributed by atoms with van der Waals surface area (Å²) < 4.78 is 3.38. The number of rotatable bonds is 2. The summed E-state index contributed by atoms with van der Waals surface area (Å²) in [6, 6.07) is 8.46. The van der Waals surface area contributed by atoms with Crippen LogP contribution >= 0.6 is 0 Å². The molecule has 0 atom stereocenters. The molecular formula is C16H21N3O. The zero-order valence-corrected chi connectivity index (χ0v) is 12.1. The molecule has 1 saturated heterocycles. The van der Waals surface area contributed by atoms with Gasteiger partial charge in [-0.2, -0.15) is 0 Å². The number of nitrogens with zero attached hydrogens (tertiary/aromatic N) is 2. The molecule has 20 heavy (non-hydrogen) atoms. The van der Waals surface area contributed by atoms with E-state index in [2.05, 4.69) is 29.6 Å². The molecule has 4 heteroatoms. The van der Waals surface area contributed by atoms with Crippen molar-refractivity contribution in [1.82, 2.24) is 14.5 Å². The number of imidazole rings is 1. The van der Waals surface area contributed by atoms with Gasteiger partial charge in [0.25, 0.3) is 0 Å². The molecule has 0 spiro atoms. The van der Waals surface area contributed by atoms with Crippen molar-refractivity contribution in [2.45, 2.75) is 25.7 Å². The van der Waals surface area contributed by atoms with Gasteiger partial charge in [0, 0.05) is 18.9 Å². The van der Waals surface area contributed by atoms with Gasteiger partial charge in [-0.1, -0.05) is 12.1 Å². The Hall–Kier alpha value is -1.81. The third-order valence-electron chi connectivity index (χ3n) is 4.19. The highest BCUT2D eigenvalue weighted by Gasteiger charge is 2.15. The Morgan fingerprint density at radius 3 is 2.35 bits per heavy atom. The Morgan fingerprint density at radius 2 is 1.80 bits per heavy atom. The van der Waals surface area contributed by atoms with Gasteiger partial charge in [-0.05, 0) is 56.5 Å². The van der Waals surface area contributed by atoms with Crippen LogP contribution in [0.3, 0.4) is 0 Å². The van der Waals surface area contributed by atoms with Crippen LogP contribution in [0.5, 0.6) is 0 Å². The second kappa shape index (κ2) is 5.29. The zero-order valence-electron chi connectivity index (χ0n) is 12.1. The van der Waals surface area contributed by atoms with E-state index >= 15 is 0 Å². The molecule has 2 aromatic rings. The molecule has 2 heterocycles. The molecule has 0 radical (unpaired) electrons. The van der Waals surface area contributed by atoms with Crippen molar-refractivity contribution in [3.8, 4) is 5.69 Å². The highest BCUT2D eigenvalue weighted by atomic mass is 16.1. The van der Waals surface area contributed by atoms with E-state index in [1.807, 2.05) is 13.1 Å². The molecule has 4 nitrogen and oxygen atoms in total. The summed E-state index contributed by atoms with van der Waals surface area (Å²) in [6.45, 7) is 4.16. The van der Waals surface area contributed by atoms with Gasteiger partial charge in [-0.3, -0.25) is 4.57 Å². The van der Waals surface area contributed by atoms with Crippen LogP contribution in [0.25, 0.3) is 5.69 Å². The topological polar surface area (TPSA) is 39.0 Å². The summed E-state index contributed by atoms with van der Waals surface area (Å²) in [6.07, 6.45) is 4.26. The van der Waals surface area contributed by atoms with Gasteiger partial charge in [-0.15, -0.1) is 0 Å². The first kappa shape index (κ1) is 13.2. The minimum atomic E-state index is 0.0112. The minimum Gasteiger partial charge on any atom is -0.317 e. The average molecular weight is 271 g/mol. The normalized spacial score (nSPS) is 16.5. The first-order chi connectivity index (χ1) is 9.66. The molecule has 106 valence electrons. The Kier molecular flexibility index (Phi) is 3.49. The average Bonchev–Trinajstić information content (AvgIpc) is 2.73. The third kappa shape index (κ3) is 2.31. The van der Waals surface area contributed by atoms with Crippen molar-refractivity contribution in [3.05, 3.63) is 52.2 Å². The number of aromatic nitrogens is 2. The van der Waals surface area contributed by atoms with Crippen LogP contribution in [0.2, 0.25) is 0 Å². The summed E-state index contributed by atoms with van der Waals surface area (Å²) in [5.74, 6) is 0.652. The number of benzene rings is 1. The van der Waals surface area contributed by atoms with E-state index in [4.69, 9.17) is 0 Å². The van der Waals surface area contributed by atoms with Crippen molar-refractivity contribution in [3.63, 3.8) is 0 Å². The van der Waals surface area contributed by atoms with E-state index in [-0.39, 0.29) is 5.69 Å². The lowest BCUT2D eigenvalue weighted by Crippen LogP contribution is -2.26. The summed E-state index contributed by atoms with van der Waals surface area (Å²) in [5.41, 5.74) is 3.31. The van der Waals surface area contributed by atoms with Crippen LogP contribution in [0.4, 0.5) is 0 Å². The molecule has 3 rings (SSSR count). The number of hydrogen-bond donors (Lipinski definition) is 1. The Morgan fingerprint density at radius 1 is 1.15 bits per heavy atom. The molecule has 0 aliphatic carbocycles. The molecule has 0 amide bonds. The van der Waals surface area contributed by atoms with E-state index in [1.54, 1.807) is 16.2 Å². The first-order valence-electron chi connectivity index (χ1n) is 7.23. The fourth-order valence-corrected chi connectivity index (χ4v) is 3.07. The van der Waals surface area contributed by atoms with Gasteiger partial charge in [0.15, 0.2) is 0 Å². The largest absolute Gasteiger partial charge is 0.332 e. The standard InChI is InChI=1S/C16H21N3O/c1-12-11-18(2)16(20)19(12)15-5-3-13(4-6-15)14-7-9-17-10-8-14/h3-6,11,14,17H,7-10H2,1-2H3. The second-order valence-electron chi connectivity index (χ2n) is 5.62. The monoisotopic (exact) mass is 271 g/mol. The van der Waals surface area contributed by atoms with Gasteiger partial charge in [0.1, 0.15) is 0 Å². The van der Waals surface area contributed by atoms with E-state index in [0.717, 1.165) is 24.5 Å².